The summed E-state index contributed by atoms with van der Waals surface area (Å²) in [5.41, 5.74) is 0. The van der Waals surface area contributed by atoms with Crippen molar-refractivity contribution in [1.29, 1.82) is 0 Å². The van der Waals surface area contributed by atoms with Crippen LogP contribution in [0.3, 0.4) is 0 Å². The molecule has 0 bridgehead atoms. The van der Waals surface area contributed by atoms with Gasteiger partial charge in [-0.3, -0.25) is 9.59 Å². The number of carboxylic acid groups (broad SMARTS) is 2. The lowest BCUT2D eigenvalue weighted by molar-refractivity contribution is -0.145. The van der Waals surface area contributed by atoms with Crippen LogP contribution in [0.4, 0.5) is 0 Å². The first-order chi connectivity index (χ1) is 5.07. The molecule has 0 aliphatic rings. The third kappa shape index (κ3) is 5.31. The minimum absolute atomic E-state index is 0. The van der Waals surface area contributed by atoms with Crippen LogP contribution >= 0.6 is 0 Å². The molecule has 5 N–H and O–H groups in total. The zero-order valence-corrected chi connectivity index (χ0v) is 5.70. The molecule has 0 amide bonds. The summed E-state index contributed by atoms with van der Waals surface area (Å²) < 4.78 is 6.60. The van der Waals surface area contributed by atoms with Gasteiger partial charge in [0.05, 0.1) is 6.42 Å². The van der Waals surface area contributed by atoms with E-state index in [2.05, 4.69) is 5.32 Å². The molecule has 11 heavy (non-hydrogen) atoms. The van der Waals surface area contributed by atoms with Crippen LogP contribution in [0.15, 0.2) is 0 Å². The zero-order chi connectivity index (χ0) is 8.85. The second kappa shape index (κ2) is 5.63. The summed E-state index contributed by atoms with van der Waals surface area (Å²) in [7, 11) is -0.301. The molecular weight excluding hydrogens is 154 g/mol. The fourth-order valence-electron chi connectivity index (χ4n) is 0.421. The van der Waals surface area contributed by atoms with E-state index in [0.717, 1.165) is 0 Å². The predicted octanol–water partition coefficient (Wildman–Crippen LogP) is -1.69. The van der Waals surface area contributed by atoms with Gasteiger partial charge >= 0.3 is 11.9 Å². The summed E-state index contributed by atoms with van der Waals surface area (Å²) in [6.45, 7) is 0. The second-order valence-electron chi connectivity index (χ2n) is 1.69. The number of hydrogen-bond acceptors (Lipinski definition) is 3. The van der Waals surface area contributed by atoms with Gasteiger partial charge in [-0.2, -0.15) is 0 Å². The lowest BCUT2D eigenvalue weighted by Gasteiger charge is -2.06. The summed E-state index contributed by atoms with van der Waals surface area (Å²) in [4.78, 5) is 20.2. The number of carboxylic acids is 2. The summed E-state index contributed by atoms with van der Waals surface area (Å²) in [6.07, 6.45) is -0.506. The van der Waals surface area contributed by atoms with Crippen LogP contribution in [0.5, 0.6) is 0 Å². The van der Waals surface area contributed by atoms with Gasteiger partial charge in [-0.1, -0.05) is 0 Å². The van der Waals surface area contributed by atoms with Gasteiger partial charge in [0.15, 0.2) is 0 Å². The number of carbonyl (C=O) groups is 2. The maximum atomic E-state index is 10.2. The molecule has 0 saturated carbocycles. The molecule has 0 heterocycles. The maximum Gasteiger partial charge on any atom is 0.321 e. The van der Waals surface area contributed by atoms with Crippen molar-refractivity contribution in [3.8, 4) is 0 Å². The number of nitrogens with one attached hydrogen (secondary N) is 1. The molecule has 0 saturated heterocycles. The normalized spacial score (nSPS) is 12.5. The van der Waals surface area contributed by atoms with Gasteiger partial charge in [-0.05, 0) is 7.02 Å². The Morgan fingerprint density at radius 3 is 2.45 bits per heavy atom. The second-order valence-corrected chi connectivity index (χ2v) is 1.69. The molecule has 1 atom stereocenters. The SMILES string of the molecule is O.[2H]CN[C@@H](CC(=O)O)C(=O)O. The smallest absolute Gasteiger partial charge is 0.321 e. The zero-order valence-electron chi connectivity index (χ0n) is 6.70. The molecule has 0 aliphatic carbocycles. The first-order valence-corrected chi connectivity index (χ1v) is 2.55. The van der Waals surface area contributed by atoms with Crippen LogP contribution in [-0.2, 0) is 9.59 Å². The fraction of sp³-hybridized carbons (Fsp3) is 0.600. The molecule has 0 aromatic rings. The molecule has 66 valence electrons. The minimum atomic E-state index is -1.25. The van der Waals surface area contributed by atoms with E-state index in [1.165, 1.54) is 0 Å². The van der Waals surface area contributed by atoms with Crippen molar-refractivity contribution in [2.75, 3.05) is 7.02 Å². The molecule has 0 unspecified atom stereocenters. The molecule has 0 radical (unpaired) electrons. The van der Waals surface area contributed by atoms with Gasteiger partial charge in [-0.15, -0.1) is 0 Å². The van der Waals surface area contributed by atoms with Crippen molar-refractivity contribution in [2.24, 2.45) is 0 Å². The highest BCUT2D eigenvalue weighted by molar-refractivity contribution is 5.80. The fourth-order valence-corrected chi connectivity index (χ4v) is 0.421. The van der Waals surface area contributed by atoms with Gasteiger partial charge in [0.25, 0.3) is 0 Å². The van der Waals surface area contributed by atoms with Gasteiger partial charge in [0, 0.05) is 1.37 Å². The molecule has 0 fully saturated rings. The van der Waals surface area contributed by atoms with E-state index in [9.17, 15) is 9.59 Å². The number of aliphatic carboxylic acids is 2. The number of likely N-dealkylation sites (N-methyl/N-ethyl adjacent to an activating group) is 1. The average molecular weight is 166 g/mol. The van der Waals surface area contributed by atoms with Crippen LogP contribution in [0.1, 0.15) is 7.79 Å². The highest BCUT2D eigenvalue weighted by Gasteiger charge is 2.17. The Morgan fingerprint density at radius 1 is 1.64 bits per heavy atom. The van der Waals surface area contributed by atoms with Crippen LogP contribution in [0.25, 0.3) is 0 Å². The molecule has 0 rings (SSSR count). The Bertz CT molecular complexity index is 162. The molecular formula is C5H11NO5. The minimum Gasteiger partial charge on any atom is -0.481 e. The lowest BCUT2D eigenvalue weighted by Crippen LogP contribution is -2.35. The molecule has 6 nitrogen and oxygen atoms in total. The molecule has 0 aromatic heterocycles. The van der Waals surface area contributed by atoms with Crippen molar-refractivity contribution in [2.45, 2.75) is 12.5 Å². The first kappa shape index (κ1) is 9.86. The van der Waals surface area contributed by atoms with E-state index in [4.69, 9.17) is 11.6 Å². The van der Waals surface area contributed by atoms with Crippen molar-refractivity contribution in [1.82, 2.24) is 5.32 Å². The molecule has 0 aliphatic heterocycles. The highest BCUT2D eigenvalue weighted by Crippen LogP contribution is 1.89. The monoisotopic (exact) mass is 166 g/mol. The Labute approximate surface area is 64.5 Å². The average Bonchev–Trinajstić information content (AvgIpc) is 1.86. The summed E-state index contributed by atoms with van der Waals surface area (Å²) in [6, 6.07) is -1.16. The van der Waals surface area contributed by atoms with E-state index in [1.807, 2.05) is 0 Å². The van der Waals surface area contributed by atoms with Crippen LogP contribution in [0, 0.1) is 0 Å². The van der Waals surface area contributed by atoms with Gasteiger partial charge in [0.2, 0.25) is 0 Å². The Balaban J connectivity index is 0. The largest absolute Gasteiger partial charge is 0.481 e. The van der Waals surface area contributed by atoms with E-state index in [1.54, 1.807) is 0 Å². The van der Waals surface area contributed by atoms with E-state index in [-0.39, 0.29) is 12.5 Å². The van der Waals surface area contributed by atoms with Gasteiger partial charge < -0.3 is 21.0 Å². The summed E-state index contributed by atoms with van der Waals surface area (Å²) in [5, 5.41) is 18.7. The third-order valence-corrected chi connectivity index (χ3v) is 0.923. The quantitative estimate of drug-likeness (QED) is 0.460. The Morgan fingerprint density at radius 2 is 2.18 bits per heavy atom. The summed E-state index contributed by atoms with van der Waals surface area (Å²) in [5.74, 6) is -2.45. The predicted molar refractivity (Wildman–Crippen MR) is 36.4 cm³/mol. The third-order valence-electron chi connectivity index (χ3n) is 0.923. The van der Waals surface area contributed by atoms with Gasteiger partial charge in [0.1, 0.15) is 6.04 Å². The van der Waals surface area contributed by atoms with Gasteiger partial charge in [-0.25, -0.2) is 0 Å². The molecule has 0 spiro atoms. The Kier molecular flexibility index (Phi) is 5.05. The van der Waals surface area contributed by atoms with Crippen LogP contribution in [0.2, 0.25) is 0 Å². The van der Waals surface area contributed by atoms with Crippen molar-refractivity contribution < 1.29 is 26.6 Å². The topological polar surface area (TPSA) is 118 Å². The van der Waals surface area contributed by atoms with E-state index in [0.29, 0.717) is 0 Å². The lowest BCUT2D eigenvalue weighted by atomic mass is 10.2. The van der Waals surface area contributed by atoms with Crippen LogP contribution in [-0.4, -0.2) is 40.7 Å². The van der Waals surface area contributed by atoms with Crippen molar-refractivity contribution in [3.63, 3.8) is 0 Å². The summed E-state index contributed by atoms with van der Waals surface area (Å²) >= 11 is 0. The van der Waals surface area contributed by atoms with E-state index < -0.39 is 24.4 Å². The highest BCUT2D eigenvalue weighted by atomic mass is 16.4. The molecule has 0 aromatic carbocycles. The van der Waals surface area contributed by atoms with Crippen LogP contribution < -0.4 is 5.32 Å². The van der Waals surface area contributed by atoms with Crippen molar-refractivity contribution in [3.05, 3.63) is 0 Å². The molecule has 6 heteroatoms. The number of hydrogen-bond donors (Lipinski definition) is 3. The van der Waals surface area contributed by atoms with E-state index >= 15 is 0 Å². The Hall–Kier alpha value is -1.14. The maximum absolute atomic E-state index is 10.2. The van der Waals surface area contributed by atoms with Crippen molar-refractivity contribution >= 4 is 11.9 Å². The standard InChI is InChI=1S/C5H9NO4.H2O/c1-6-3(5(9)10)2-4(7)8;/h3,6H,2H2,1H3,(H,7,8)(H,9,10);1H2/t3-;/m0./s1/i1D;. The first-order valence-electron chi connectivity index (χ1n) is 3.26. The number of rotatable bonds is 4.